The van der Waals surface area contributed by atoms with Crippen molar-refractivity contribution in [3.8, 4) is 11.5 Å². The summed E-state index contributed by atoms with van der Waals surface area (Å²) in [6.45, 7) is 4.17. The fourth-order valence-electron chi connectivity index (χ4n) is 2.13. The van der Waals surface area contributed by atoms with Gasteiger partial charge in [0.15, 0.2) is 11.5 Å². The van der Waals surface area contributed by atoms with E-state index in [1.165, 1.54) is 7.11 Å². The maximum atomic E-state index is 13.6. The molecular weight excluding hydrogens is 269 g/mol. The first-order valence-corrected chi connectivity index (χ1v) is 6.87. The van der Waals surface area contributed by atoms with Gasteiger partial charge in [-0.1, -0.05) is 24.3 Å². The number of hydrogen-bond donors (Lipinski definition) is 2. The van der Waals surface area contributed by atoms with Crippen LogP contribution >= 0.6 is 0 Å². The second-order valence-electron chi connectivity index (χ2n) is 5.08. The summed E-state index contributed by atoms with van der Waals surface area (Å²) in [4.78, 5) is 0. The van der Waals surface area contributed by atoms with Crippen LogP contribution in [0, 0.1) is 12.7 Å². The molecule has 4 heteroatoms. The molecular formula is C17H20FNO2. The van der Waals surface area contributed by atoms with E-state index in [0.717, 1.165) is 11.1 Å². The third-order valence-corrected chi connectivity index (χ3v) is 3.60. The van der Waals surface area contributed by atoms with Gasteiger partial charge < -0.3 is 15.2 Å². The number of benzene rings is 2. The molecule has 0 saturated heterocycles. The van der Waals surface area contributed by atoms with E-state index in [1.807, 2.05) is 25.1 Å². The number of hydrogen-bond acceptors (Lipinski definition) is 3. The van der Waals surface area contributed by atoms with E-state index >= 15 is 0 Å². The maximum Gasteiger partial charge on any atom is 0.162 e. The van der Waals surface area contributed by atoms with Gasteiger partial charge in [0, 0.05) is 18.2 Å². The number of halogens is 1. The molecule has 0 spiro atoms. The lowest BCUT2D eigenvalue weighted by atomic mass is 10.1. The number of rotatable bonds is 5. The molecule has 0 aliphatic rings. The van der Waals surface area contributed by atoms with Crippen molar-refractivity contribution >= 4 is 0 Å². The van der Waals surface area contributed by atoms with E-state index in [0.29, 0.717) is 17.9 Å². The summed E-state index contributed by atoms with van der Waals surface area (Å²) in [5.74, 6) is 0.378. The Morgan fingerprint density at radius 1 is 1.29 bits per heavy atom. The monoisotopic (exact) mass is 289 g/mol. The first-order chi connectivity index (χ1) is 10.0. The molecule has 2 N–H and O–H groups in total. The SMILES string of the molecule is COc1cccc(CNC(C)c2ccc(C)c(F)c2)c1O. The topological polar surface area (TPSA) is 41.5 Å². The van der Waals surface area contributed by atoms with Gasteiger partial charge in [0.1, 0.15) is 5.82 Å². The molecule has 1 unspecified atom stereocenters. The molecule has 2 aromatic carbocycles. The van der Waals surface area contributed by atoms with E-state index in [-0.39, 0.29) is 17.6 Å². The fourth-order valence-corrected chi connectivity index (χ4v) is 2.13. The van der Waals surface area contributed by atoms with Gasteiger partial charge >= 0.3 is 0 Å². The zero-order valence-corrected chi connectivity index (χ0v) is 12.5. The lowest BCUT2D eigenvalue weighted by Gasteiger charge is -2.16. The number of aryl methyl sites for hydroxylation is 1. The van der Waals surface area contributed by atoms with Crippen LogP contribution in [0.4, 0.5) is 4.39 Å². The average molecular weight is 289 g/mol. The molecule has 0 aliphatic heterocycles. The number of nitrogens with one attached hydrogen (secondary N) is 1. The Hall–Kier alpha value is -2.07. The highest BCUT2D eigenvalue weighted by molar-refractivity contribution is 5.45. The van der Waals surface area contributed by atoms with Crippen molar-refractivity contribution in [2.24, 2.45) is 0 Å². The van der Waals surface area contributed by atoms with Gasteiger partial charge in [0.05, 0.1) is 7.11 Å². The van der Waals surface area contributed by atoms with Gasteiger partial charge in [-0.05, 0) is 37.1 Å². The second kappa shape index (κ2) is 6.59. The standard InChI is InChI=1S/C17H20FNO2/c1-11-7-8-13(9-15(11)18)12(2)19-10-14-5-4-6-16(21-3)17(14)20/h4-9,12,19-20H,10H2,1-3H3. The van der Waals surface area contributed by atoms with Crippen LogP contribution < -0.4 is 10.1 Å². The number of para-hydroxylation sites is 1. The zero-order chi connectivity index (χ0) is 15.4. The van der Waals surface area contributed by atoms with E-state index in [4.69, 9.17) is 4.74 Å². The molecule has 0 heterocycles. The van der Waals surface area contributed by atoms with Crippen molar-refractivity contribution in [3.63, 3.8) is 0 Å². The summed E-state index contributed by atoms with van der Waals surface area (Å²) < 4.78 is 18.7. The molecule has 0 amide bonds. The van der Waals surface area contributed by atoms with Crippen LogP contribution in [0.25, 0.3) is 0 Å². The quantitative estimate of drug-likeness (QED) is 0.882. The first kappa shape index (κ1) is 15.3. The lowest BCUT2D eigenvalue weighted by Crippen LogP contribution is -2.18. The van der Waals surface area contributed by atoms with Crippen molar-refractivity contribution in [1.82, 2.24) is 5.32 Å². The summed E-state index contributed by atoms with van der Waals surface area (Å²) in [5, 5.41) is 13.3. The third kappa shape index (κ3) is 3.52. The Kier molecular flexibility index (Phi) is 4.81. The highest BCUT2D eigenvalue weighted by Crippen LogP contribution is 2.29. The smallest absolute Gasteiger partial charge is 0.162 e. The highest BCUT2D eigenvalue weighted by atomic mass is 19.1. The molecule has 0 saturated carbocycles. The number of methoxy groups -OCH3 is 1. The summed E-state index contributed by atoms with van der Waals surface area (Å²) in [6, 6.07) is 10.5. The Morgan fingerprint density at radius 2 is 2.05 bits per heavy atom. The first-order valence-electron chi connectivity index (χ1n) is 6.87. The molecule has 3 nitrogen and oxygen atoms in total. The Labute approximate surface area is 124 Å². The largest absolute Gasteiger partial charge is 0.504 e. The van der Waals surface area contributed by atoms with Crippen LogP contribution in [0.15, 0.2) is 36.4 Å². The third-order valence-electron chi connectivity index (χ3n) is 3.60. The van der Waals surface area contributed by atoms with Crippen LogP contribution in [-0.2, 0) is 6.54 Å². The van der Waals surface area contributed by atoms with Gasteiger partial charge in [0.25, 0.3) is 0 Å². The number of phenols is 1. The van der Waals surface area contributed by atoms with E-state index in [1.54, 1.807) is 25.1 Å². The molecule has 21 heavy (non-hydrogen) atoms. The predicted molar refractivity (Wildman–Crippen MR) is 81.1 cm³/mol. The molecule has 2 aromatic rings. The Balaban J connectivity index is 2.07. The maximum absolute atomic E-state index is 13.6. The molecule has 112 valence electrons. The van der Waals surface area contributed by atoms with Gasteiger partial charge in [-0.25, -0.2) is 4.39 Å². The molecule has 0 bridgehead atoms. The van der Waals surface area contributed by atoms with E-state index in [9.17, 15) is 9.50 Å². The minimum Gasteiger partial charge on any atom is -0.504 e. The molecule has 0 aromatic heterocycles. The Morgan fingerprint density at radius 3 is 2.71 bits per heavy atom. The zero-order valence-electron chi connectivity index (χ0n) is 12.5. The van der Waals surface area contributed by atoms with Crippen LogP contribution in [0.3, 0.4) is 0 Å². The van der Waals surface area contributed by atoms with Crippen LogP contribution in [0.1, 0.15) is 29.7 Å². The normalized spacial score (nSPS) is 12.2. The summed E-state index contributed by atoms with van der Waals surface area (Å²) in [5.41, 5.74) is 2.26. The number of ether oxygens (including phenoxy) is 1. The van der Waals surface area contributed by atoms with Crippen molar-refractivity contribution in [2.45, 2.75) is 26.4 Å². The van der Waals surface area contributed by atoms with Gasteiger partial charge in [-0.3, -0.25) is 0 Å². The van der Waals surface area contributed by atoms with Gasteiger partial charge in [0.2, 0.25) is 0 Å². The Bertz CT molecular complexity index is 628. The number of phenolic OH excluding ortho intramolecular Hbond substituents is 1. The van der Waals surface area contributed by atoms with Gasteiger partial charge in [-0.2, -0.15) is 0 Å². The van der Waals surface area contributed by atoms with Crippen molar-refractivity contribution < 1.29 is 14.2 Å². The lowest BCUT2D eigenvalue weighted by molar-refractivity contribution is 0.369. The summed E-state index contributed by atoms with van der Waals surface area (Å²) in [6.07, 6.45) is 0. The predicted octanol–water partition coefficient (Wildman–Crippen LogP) is 3.70. The van der Waals surface area contributed by atoms with E-state index < -0.39 is 0 Å². The molecule has 0 aliphatic carbocycles. The van der Waals surface area contributed by atoms with Crippen LogP contribution in [-0.4, -0.2) is 12.2 Å². The summed E-state index contributed by atoms with van der Waals surface area (Å²) >= 11 is 0. The molecule has 0 fully saturated rings. The van der Waals surface area contributed by atoms with E-state index in [2.05, 4.69) is 5.32 Å². The molecule has 0 radical (unpaired) electrons. The minimum absolute atomic E-state index is 0.0225. The van der Waals surface area contributed by atoms with Crippen LogP contribution in [0.2, 0.25) is 0 Å². The molecule has 1 atom stereocenters. The van der Waals surface area contributed by atoms with Crippen molar-refractivity contribution in [2.75, 3.05) is 7.11 Å². The number of aromatic hydroxyl groups is 1. The highest BCUT2D eigenvalue weighted by Gasteiger charge is 2.10. The summed E-state index contributed by atoms with van der Waals surface area (Å²) in [7, 11) is 1.52. The fraction of sp³-hybridized carbons (Fsp3) is 0.294. The van der Waals surface area contributed by atoms with Gasteiger partial charge in [-0.15, -0.1) is 0 Å². The van der Waals surface area contributed by atoms with Crippen LogP contribution in [0.5, 0.6) is 11.5 Å². The average Bonchev–Trinajstić information content (AvgIpc) is 2.48. The van der Waals surface area contributed by atoms with Crippen molar-refractivity contribution in [1.29, 1.82) is 0 Å². The minimum atomic E-state index is -0.203. The van der Waals surface area contributed by atoms with Crippen molar-refractivity contribution in [3.05, 3.63) is 58.9 Å². The second-order valence-corrected chi connectivity index (χ2v) is 5.08. The molecule has 2 rings (SSSR count).